The highest BCUT2D eigenvalue weighted by atomic mass is 35.5. The molecular formula is C21H31ClN6O3. The molecule has 10 heteroatoms. The molecule has 0 unspecified atom stereocenters. The number of alkyl halides is 1. The molecular weight excluding hydrogens is 420 g/mol. The van der Waals surface area contributed by atoms with E-state index in [1.807, 2.05) is 30.3 Å². The lowest BCUT2D eigenvalue weighted by atomic mass is 9.97. The third-order valence-corrected chi connectivity index (χ3v) is 5.58. The predicted octanol–water partition coefficient (Wildman–Crippen LogP) is -0.106. The molecule has 1 saturated heterocycles. The summed E-state index contributed by atoms with van der Waals surface area (Å²) in [5, 5.41) is 3.15. The van der Waals surface area contributed by atoms with Crippen molar-refractivity contribution in [2.75, 3.05) is 19.0 Å². The topological polar surface area (TPSA) is 157 Å². The summed E-state index contributed by atoms with van der Waals surface area (Å²) in [5.41, 5.74) is 17.3. The maximum atomic E-state index is 13.5. The molecule has 0 spiro atoms. The first-order valence-electron chi connectivity index (χ1n) is 10.4. The van der Waals surface area contributed by atoms with Crippen molar-refractivity contribution < 1.29 is 14.4 Å². The van der Waals surface area contributed by atoms with Crippen molar-refractivity contribution in [2.45, 2.75) is 50.2 Å². The third-order valence-electron chi connectivity index (χ3n) is 5.32. The average molecular weight is 451 g/mol. The minimum Gasteiger partial charge on any atom is -0.370 e. The van der Waals surface area contributed by atoms with Gasteiger partial charge < -0.3 is 27.4 Å². The molecule has 1 aliphatic rings. The van der Waals surface area contributed by atoms with E-state index in [1.54, 1.807) is 0 Å². The van der Waals surface area contributed by atoms with Crippen LogP contribution in [0.5, 0.6) is 0 Å². The Morgan fingerprint density at radius 1 is 1.16 bits per heavy atom. The summed E-state index contributed by atoms with van der Waals surface area (Å²) in [7, 11) is 0. The minimum absolute atomic E-state index is 0.0533. The summed E-state index contributed by atoms with van der Waals surface area (Å²) >= 11 is 5.88. The number of amides is 2. The first kappa shape index (κ1) is 24.6. The van der Waals surface area contributed by atoms with E-state index in [1.165, 1.54) is 4.90 Å². The lowest BCUT2D eigenvalue weighted by molar-refractivity contribution is -0.147. The summed E-state index contributed by atoms with van der Waals surface area (Å²) in [5.74, 6) is -1.68. The summed E-state index contributed by atoms with van der Waals surface area (Å²) < 4.78 is 0. The molecule has 0 radical (unpaired) electrons. The fourth-order valence-corrected chi connectivity index (χ4v) is 3.99. The van der Waals surface area contributed by atoms with Gasteiger partial charge in [-0.25, -0.2) is 0 Å². The number of nitrogens with zero attached hydrogens (tertiary/aromatic N) is 2. The molecule has 31 heavy (non-hydrogen) atoms. The summed E-state index contributed by atoms with van der Waals surface area (Å²) in [6.45, 7) is 0.987. The molecule has 3 atom stereocenters. The molecule has 9 nitrogen and oxygen atoms in total. The standard InChI is InChI=1S/C21H31ClN6O3/c22-13-18(29)16(9-5-11-27-21(24)25)28(20(31)15-8-4-10-26-15)17(19(23)30)12-14-6-2-1-3-7-14/h1-3,6-7,15-17,26H,4-5,8-13H2,(H2,23,30)(H4,24,25,27)/t15-,16+,17+/m1/s1. The number of nitrogens with one attached hydrogen (secondary N) is 1. The van der Waals surface area contributed by atoms with E-state index < -0.39 is 24.0 Å². The Labute approximate surface area is 187 Å². The van der Waals surface area contributed by atoms with Crippen molar-refractivity contribution in [2.24, 2.45) is 22.2 Å². The van der Waals surface area contributed by atoms with Gasteiger partial charge in [0.05, 0.1) is 18.0 Å². The van der Waals surface area contributed by atoms with Crippen LogP contribution in [0.3, 0.4) is 0 Å². The fraction of sp³-hybridized carbons (Fsp3) is 0.524. The van der Waals surface area contributed by atoms with Gasteiger partial charge in [0.25, 0.3) is 0 Å². The zero-order valence-electron chi connectivity index (χ0n) is 17.5. The van der Waals surface area contributed by atoms with E-state index in [0.29, 0.717) is 19.4 Å². The van der Waals surface area contributed by atoms with Crippen LogP contribution in [0.1, 0.15) is 31.2 Å². The van der Waals surface area contributed by atoms with Crippen LogP contribution >= 0.6 is 11.6 Å². The van der Waals surface area contributed by atoms with Crippen LogP contribution in [-0.4, -0.2) is 65.6 Å². The van der Waals surface area contributed by atoms with Crippen LogP contribution in [0.15, 0.2) is 35.3 Å². The molecule has 2 amide bonds. The first-order valence-corrected chi connectivity index (χ1v) is 10.9. The van der Waals surface area contributed by atoms with Gasteiger partial charge >= 0.3 is 0 Å². The van der Waals surface area contributed by atoms with Crippen LogP contribution in [0.2, 0.25) is 0 Å². The van der Waals surface area contributed by atoms with Crippen molar-refractivity contribution in [3.63, 3.8) is 0 Å². The lowest BCUT2D eigenvalue weighted by Crippen LogP contribution is -2.60. The Kier molecular flexibility index (Phi) is 9.74. The quantitative estimate of drug-likeness (QED) is 0.151. The van der Waals surface area contributed by atoms with E-state index in [4.69, 9.17) is 28.8 Å². The number of benzene rings is 1. The monoisotopic (exact) mass is 450 g/mol. The molecule has 0 bridgehead atoms. The summed E-state index contributed by atoms with van der Waals surface area (Å²) in [6, 6.07) is 6.88. The lowest BCUT2D eigenvalue weighted by Gasteiger charge is -2.37. The van der Waals surface area contributed by atoms with Crippen molar-refractivity contribution in [3.05, 3.63) is 35.9 Å². The number of primary amides is 1. The number of carbonyl (C=O) groups is 3. The molecule has 2 rings (SSSR count). The number of carbonyl (C=O) groups excluding carboxylic acids is 3. The third kappa shape index (κ3) is 7.22. The predicted molar refractivity (Wildman–Crippen MR) is 120 cm³/mol. The van der Waals surface area contributed by atoms with Gasteiger partial charge in [-0.15, -0.1) is 11.6 Å². The zero-order valence-corrected chi connectivity index (χ0v) is 18.3. The second-order valence-electron chi connectivity index (χ2n) is 7.57. The number of guanidine groups is 1. The Bertz CT molecular complexity index is 779. The van der Waals surface area contributed by atoms with Gasteiger partial charge in [-0.3, -0.25) is 19.4 Å². The number of hydrogen-bond donors (Lipinski definition) is 4. The van der Waals surface area contributed by atoms with Crippen LogP contribution in [0, 0.1) is 0 Å². The second-order valence-corrected chi connectivity index (χ2v) is 7.83. The molecule has 0 aromatic heterocycles. The number of halogens is 1. The van der Waals surface area contributed by atoms with E-state index in [9.17, 15) is 14.4 Å². The van der Waals surface area contributed by atoms with Crippen LogP contribution in [-0.2, 0) is 20.8 Å². The first-order chi connectivity index (χ1) is 14.8. The van der Waals surface area contributed by atoms with E-state index in [-0.39, 0.29) is 42.9 Å². The van der Waals surface area contributed by atoms with Gasteiger partial charge in [0, 0.05) is 13.0 Å². The van der Waals surface area contributed by atoms with Gasteiger partial charge in [-0.2, -0.15) is 0 Å². The molecule has 7 N–H and O–H groups in total. The molecule has 0 aliphatic carbocycles. The SMILES string of the molecule is NC(=O)[C@H](Cc1ccccc1)N(C(=O)[C@H]1CCCN1)[C@@H](CCCN=C(N)N)C(=O)CCl. The highest BCUT2D eigenvalue weighted by molar-refractivity contribution is 6.28. The van der Waals surface area contributed by atoms with Gasteiger partial charge in [0.2, 0.25) is 11.8 Å². The Balaban J connectivity index is 2.38. The second kappa shape index (κ2) is 12.3. The van der Waals surface area contributed by atoms with Gasteiger partial charge in [-0.05, 0) is 37.8 Å². The van der Waals surface area contributed by atoms with Crippen LogP contribution < -0.4 is 22.5 Å². The van der Waals surface area contributed by atoms with Crippen molar-refractivity contribution >= 4 is 35.2 Å². The average Bonchev–Trinajstić information content (AvgIpc) is 3.29. The largest absolute Gasteiger partial charge is 0.370 e. The summed E-state index contributed by atoms with van der Waals surface area (Å²) in [6.07, 6.45) is 2.36. The smallest absolute Gasteiger partial charge is 0.241 e. The minimum atomic E-state index is -0.988. The fourth-order valence-electron chi connectivity index (χ4n) is 3.81. The van der Waals surface area contributed by atoms with Crippen molar-refractivity contribution in [1.82, 2.24) is 10.2 Å². The Hall–Kier alpha value is -2.65. The zero-order chi connectivity index (χ0) is 22.8. The van der Waals surface area contributed by atoms with Crippen molar-refractivity contribution in [1.29, 1.82) is 0 Å². The molecule has 1 aromatic carbocycles. The molecule has 1 aliphatic heterocycles. The van der Waals surface area contributed by atoms with E-state index in [2.05, 4.69) is 10.3 Å². The van der Waals surface area contributed by atoms with Gasteiger partial charge in [-0.1, -0.05) is 30.3 Å². The van der Waals surface area contributed by atoms with E-state index in [0.717, 1.165) is 12.0 Å². The Morgan fingerprint density at radius 3 is 2.42 bits per heavy atom. The van der Waals surface area contributed by atoms with E-state index >= 15 is 0 Å². The number of ketones is 1. The maximum Gasteiger partial charge on any atom is 0.241 e. The molecule has 0 saturated carbocycles. The van der Waals surface area contributed by atoms with Crippen LogP contribution in [0.25, 0.3) is 0 Å². The molecule has 1 heterocycles. The Morgan fingerprint density at radius 2 is 1.87 bits per heavy atom. The number of nitrogens with two attached hydrogens (primary N) is 3. The normalized spacial score (nSPS) is 17.5. The van der Waals surface area contributed by atoms with Gasteiger partial charge in [0.1, 0.15) is 6.04 Å². The van der Waals surface area contributed by atoms with Gasteiger partial charge in [0.15, 0.2) is 11.7 Å². The molecule has 170 valence electrons. The number of rotatable bonds is 12. The maximum absolute atomic E-state index is 13.5. The number of Topliss-reactive ketones (excluding diaryl/α,β-unsaturated/α-hetero) is 1. The van der Waals surface area contributed by atoms with Crippen molar-refractivity contribution in [3.8, 4) is 0 Å². The molecule has 1 aromatic rings. The highest BCUT2D eigenvalue weighted by Crippen LogP contribution is 2.21. The number of aliphatic imine (C=N–C) groups is 1. The summed E-state index contributed by atoms with van der Waals surface area (Å²) in [4.78, 5) is 44.1. The number of hydrogen-bond acceptors (Lipinski definition) is 5. The van der Waals surface area contributed by atoms with Crippen LogP contribution in [0.4, 0.5) is 0 Å². The highest BCUT2D eigenvalue weighted by Gasteiger charge is 2.40. The molecule has 1 fully saturated rings.